The standard InChI is InChI=1S/C25H26O5/c1-26-23-21(17-9-4-3-5-10-17)29-20-15-28-25(30-22(20)24(23)27-2)19-13-12-16-8-6-7-11-18(16)14-19/h3-14,20-25H,15H2,1-2H3/t20-,21+,22-,23+,24+,25?/m1/s1. The Labute approximate surface area is 176 Å². The zero-order valence-electron chi connectivity index (χ0n) is 17.1. The van der Waals surface area contributed by atoms with Crippen LogP contribution >= 0.6 is 0 Å². The van der Waals surface area contributed by atoms with Crippen LogP contribution in [0.15, 0.2) is 72.8 Å². The van der Waals surface area contributed by atoms with Gasteiger partial charge in [-0.2, -0.15) is 0 Å². The van der Waals surface area contributed by atoms with Crippen molar-refractivity contribution in [2.75, 3.05) is 20.8 Å². The molecule has 3 aromatic rings. The van der Waals surface area contributed by atoms with Gasteiger partial charge in [-0.25, -0.2) is 0 Å². The monoisotopic (exact) mass is 406 g/mol. The Morgan fingerprint density at radius 1 is 0.733 bits per heavy atom. The van der Waals surface area contributed by atoms with Gasteiger partial charge in [0.25, 0.3) is 0 Å². The van der Waals surface area contributed by atoms with E-state index in [0.29, 0.717) is 6.61 Å². The Morgan fingerprint density at radius 3 is 2.23 bits per heavy atom. The Hall–Kier alpha value is -2.28. The molecule has 0 amide bonds. The fraction of sp³-hybridized carbons (Fsp3) is 0.360. The number of fused-ring (bicyclic) bond motifs is 2. The Morgan fingerprint density at radius 2 is 1.47 bits per heavy atom. The normalized spacial score (nSPS) is 31.4. The van der Waals surface area contributed by atoms with Crippen LogP contribution in [0.1, 0.15) is 23.5 Å². The van der Waals surface area contributed by atoms with Crippen LogP contribution in [-0.4, -0.2) is 45.2 Å². The summed E-state index contributed by atoms with van der Waals surface area (Å²) in [6.45, 7) is 0.432. The molecule has 0 saturated carbocycles. The fourth-order valence-corrected chi connectivity index (χ4v) is 4.54. The zero-order chi connectivity index (χ0) is 20.5. The van der Waals surface area contributed by atoms with E-state index in [9.17, 15) is 0 Å². The molecular formula is C25H26O5. The number of ether oxygens (including phenoxy) is 5. The molecule has 3 aromatic carbocycles. The van der Waals surface area contributed by atoms with Gasteiger partial charge in [0, 0.05) is 19.8 Å². The van der Waals surface area contributed by atoms with E-state index in [4.69, 9.17) is 23.7 Å². The van der Waals surface area contributed by atoms with Gasteiger partial charge in [0.2, 0.25) is 0 Å². The molecule has 5 nitrogen and oxygen atoms in total. The number of hydrogen-bond acceptors (Lipinski definition) is 5. The van der Waals surface area contributed by atoms with Crippen LogP contribution in [0.5, 0.6) is 0 Å². The molecule has 0 aromatic heterocycles. The van der Waals surface area contributed by atoms with Gasteiger partial charge in [0.15, 0.2) is 6.29 Å². The second-order valence-corrected chi connectivity index (χ2v) is 7.78. The molecule has 2 aliphatic heterocycles. The molecule has 5 rings (SSSR count). The maximum Gasteiger partial charge on any atom is 0.184 e. The highest BCUT2D eigenvalue weighted by Crippen LogP contribution is 2.41. The summed E-state index contributed by atoms with van der Waals surface area (Å²) in [5.74, 6) is 0. The molecule has 0 N–H and O–H groups in total. The van der Waals surface area contributed by atoms with E-state index in [0.717, 1.165) is 16.5 Å². The van der Waals surface area contributed by atoms with Gasteiger partial charge in [-0.05, 0) is 22.4 Å². The summed E-state index contributed by atoms with van der Waals surface area (Å²) in [5.41, 5.74) is 2.04. The maximum atomic E-state index is 6.41. The number of benzene rings is 3. The first-order valence-electron chi connectivity index (χ1n) is 10.3. The fourth-order valence-electron chi connectivity index (χ4n) is 4.54. The molecule has 156 valence electrons. The van der Waals surface area contributed by atoms with E-state index < -0.39 is 6.29 Å². The van der Waals surface area contributed by atoms with Crippen molar-refractivity contribution in [3.63, 3.8) is 0 Å². The summed E-state index contributed by atoms with van der Waals surface area (Å²) in [7, 11) is 3.39. The summed E-state index contributed by atoms with van der Waals surface area (Å²) >= 11 is 0. The molecule has 2 saturated heterocycles. The molecule has 1 unspecified atom stereocenters. The molecule has 2 aliphatic rings. The van der Waals surface area contributed by atoms with E-state index in [2.05, 4.69) is 30.3 Å². The average Bonchev–Trinajstić information content (AvgIpc) is 2.82. The molecule has 2 fully saturated rings. The van der Waals surface area contributed by atoms with E-state index in [1.54, 1.807) is 14.2 Å². The first-order valence-corrected chi connectivity index (χ1v) is 10.3. The maximum absolute atomic E-state index is 6.41. The molecule has 5 heteroatoms. The minimum absolute atomic E-state index is 0.233. The molecule has 0 spiro atoms. The average molecular weight is 406 g/mol. The van der Waals surface area contributed by atoms with E-state index in [1.165, 1.54) is 5.39 Å². The van der Waals surface area contributed by atoms with Crippen molar-refractivity contribution in [1.82, 2.24) is 0 Å². The molecular weight excluding hydrogens is 380 g/mol. The van der Waals surface area contributed by atoms with Gasteiger partial charge in [-0.15, -0.1) is 0 Å². The quantitative estimate of drug-likeness (QED) is 0.642. The molecule has 0 aliphatic carbocycles. The lowest BCUT2D eigenvalue weighted by molar-refractivity contribution is -0.334. The van der Waals surface area contributed by atoms with Gasteiger partial charge in [0.05, 0.1) is 6.61 Å². The molecule has 30 heavy (non-hydrogen) atoms. The Balaban J connectivity index is 1.41. The van der Waals surface area contributed by atoms with E-state index in [-0.39, 0.29) is 30.5 Å². The minimum atomic E-state index is -0.470. The lowest BCUT2D eigenvalue weighted by atomic mass is 9.90. The second-order valence-electron chi connectivity index (χ2n) is 7.78. The van der Waals surface area contributed by atoms with Gasteiger partial charge in [-0.1, -0.05) is 66.7 Å². The third-order valence-electron chi connectivity index (χ3n) is 6.04. The first kappa shape index (κ1) is 19.7. The van der Waals surface area contributed by atoms with Crippen molar-refractivity contribution in [2.24, 2.45) is 0 Å². The third-order valence-corrected chi connectivity index (χ3v) is 6.04. The highest BCUT2D eigenvalue weighted by Gasteiger charge is 2.50. The zero-order valence-corrected chi connectivity index (χ0v) is 17.1. The van der Waals surface area contributed by atoms with Gasteiger partial charge in [-0.3, -0.25) is 0 Å². The van der Waals surface area contributed by atoms with Crippen LogP contribution in [0.3, 0.4) is 0 Å². The van der Waals surface area contributed by atoms with Crippen LogP contribution in [-0.2, 0) is 23.7 Å². The van der Waals surface area contributed by atoms with Crippen molar-refractivity contribution >= 4 is 10.8 Å². The molecule has 0 bridgehead atoms. The number of hydrogen-bond donors (Lipinski definition) is 0. The topological polar surface area (TPSA) is 46.2 Å². The highest BCUT2D eigenvalue weighted by atomic mass is 16.7. The van der Waals surface area contributed by atoms with Gasteiger partial charge < -0.3 is 23.7 Å². The van der Waals surface area contributed by atoms with Crippen molar-refractivity contribution in [1.29, 1.82) is 0 Å². The minimum Gasteiger partial charge on any atom is -0.376 e. The largest absolute Gasteiger partial charge is 0.376 e. The summed E-state index contributed by atoms with van der Waals surface area (Å²) in [5, 5.41) is 2.35. The molecule has 6 atom stereocenters. The first-order chi connectivity index (χ1) is 14.8. The molecule has 0 radical (unpaired) electrons. The highest BCUT2D eigenvalue weighted by molar-refractivity contribution is 5.83. The van der Waals surface area contributed by atoms with Crippen LogP contribution in [0.2, 0.25) is 0 Å². The number of rotatable bonds is 4. The lowest BCUT2D eigenvalue weighted by Crippen LogP contribution is -2.60. The van der Waals surface area contributed by atoms with Crippen LogP contribution in [0.25, 0.3) is 10.8 Å². The van der Waals surface area contributed by atoms with Crippen molar-refractivity contribution in [3.05, 3.63) is 83.9 Å². The van der Waals surface area contributed by atoms with E-state index >= 15 is 0 Å². The summed E-state index contributed by atoms with van der Waals surface area (Å²) in [4.78, 5) is 0. The van der Waals surface area contributed by atoms with Crippen LogP contribution in [0.4, 0.5) is 0 Å². The van der Waals surface area contributed by atoms with Gasteiger partial charge in [0.1, 0.15) is 30.5 Å². The summed E-state index contributed by atoms with van der Waals surface area (Å²) in [6.07, 6.45) is -1.79. The van der Waals surface area contributed by atoms with Gasteiger partial charge >= 0.3 is 0 Å². The van der Waals surface area contributed by atoms with Crippen molar-refractivity contribution in [3.8, 4) is 0 Å². The van der Waals surface area contributed by atoms with Crippen molar-refractivity contribution in [2.45, 2.75) is 36.8 Å². The predicted octanol–water partition coefficient (Wildman–Crippen LogP) is 4.42. The van der Waals surface area contributed by atoms with Crippen LogP contribution in [0, 0.1) is 0 Å². The van der Waals surface area contributed by atoms with E-state index in [1.807, 2.05) is 42.5 Å². The Kier molecular flexibility index (Phi) is 5.54. The smallest absolute Gasteiger partial charge is 0.184 e. The third kappa shape index (κ3) is 3.53. The molecule has 2 heterocycles. The SMILES string of the molecule is CO[C@@H]1[C@@H](OC)[C@H](c2ccccc2)O[C@@H]2COC(c3ccc4ccccc4c3)O[C@@H]12. The van der Waals surface area contributed by atoms with Crippen molar-refractivity contribution < 1.29 is 23.7 Å². The lowest BCUT2D eigenvalue weighted by Gasteiger charge is -2.48. The summed E-state index contributed by atoms with van der Waals surface area (Å²) < 4.78 is 30.6. The Bertz CT molecular complexity index is 991. The second kappa shape index (κ2) is 8.46. The van der Waals surface area contributed by atoms with Crippen LogP contribution < -0.4 is 0 Å². The predicted molar refractivity (Wildman–Crippen MR) is 113 cm³/mol. The summed E-state index contributed by atoms with van der Waals surface area (Å²) in [6, 6.07) is 24.6. The number of methoxy groups -OCH3 is 2.